The highest BCUT2D eigenvalue weighted by atomic mass is 79.9. The van der Waals surface area contributed by atoms with Gasteiger partial charge < -0.3 is 15.2 Å². The van der Waals surface area contributed by atoms with Crippen molar-refractivity contribution in [1.82, 2.24) is 0 Å². The van der Waals surface area contributed by atoms with E-state index in [1.54, 1.807) is 0 Å². The van der Waals surface area contributed by atoms with Gasteiger partial charge in [-0.25, -0.2) is 0 Å². The van der Waals surface area contributed by atoms with Gasteiger partial charge in [-0.3, -0.25) is 0 Å². The van der Waals surface area contributed by atoms with Gasteiger partial charge in [-0.1, -0.05) is 15.9 Å². The highest BCUT2D eigenvalue weighted by Gasteiger charge is 2.40. The lowest BCUT2D eigenvalue weighted by Gasteiger charge is -2.44. The van der Waals surface area contributed by atoms with Crippen LogP contribution in [0.15, 0.2) is 28.7 Å². The van der Waals surface area contributed by atoms with Gasteiger partial charge in [0.05, 0.1) is 17.7 Å². The van der Waals surface area contributed by atoms with Crippen LogP contribution in [0.4, 0.5) is 5.69 Å². The summed E-state index contributed by atoms with van der Waals surface area (Å²) in [7, 11) is 0. The van der Waals surface area contributed by atoms with Gasteiger partial charge in [-0.2, -0.15) is 0 Å². The van der Waals surface area contributed by atoms with E-state index in [9.17, 15) is 5.11 Å². The number of aliphatic hydroxyl groups is 1. The molecule has 2 rings (SSSR count). The summed E-state index contributed by atoms with van der Waals surface area (Å²) < 4.78 is 6.77. The molecule has 0 spiro atoms. The normalized spacial score (nSPS) is 26.9. The molecule has 1 aromatic carbocycles. The number of hydrogen-bond donors (Lipinski definition) is 2. The first-order chi connectivity index (χ1) is 8.45. The fourth-order valence-corrected chi connectivity index (χ4v) is 2.86. The molecule has 0 amide bonds. The topological polar surface area (TPSA) is 41.5 Å². The number of halogens is 1. The number of rotatable bonds is 3. The Bertz CT molecular complexity index is 405. The van der Waals surface area contributed by atoms with Crippen LogP contribution in [-0.2, 0) is 4.74 Å². The molecule has 1 saturated heterocycles. The quantitative estimate of drug-likeness (QED) is 0.900. The number of benzene rings is 1. The molecule has 18 heavy (non-hydrogen) atoms. The van der Waals surface area contributed by atoms with E-state index in [0.29, 0.717) is 6.61 Å². The van der Waals surface area contributed by atoms with Crippen LogP contribution >= 0.6 is 15.9 Å². The predicted molar refractivity (Wildman–Crippen MR) is 76.8 cm³/mol. The van der Waals surface area contributed by atoms with Crippen molar-refractivity contribution in [2.24, 2.45) is 0 Å². The van der Waals surface area contributed by atoms with Crippen LogP contribution in [0.5, 0.6) is 0 Å². The zero-order valence-electron chi connectivity index (χ0n) is 10.9. The summed E-state index contributed by atoms with van der Waals surface area (Å²) >= 11 is 3.42. The Balaban J connectivity index is 2.15. The van der Waals surface area contributed by atoms with E-state index >= 15 is 0 Å². The molecular formula is C14H20BrNO2. The van der Waals surface area contributed by atoms with Crippen LogP contribution in [0.25, 0.3) is 0 Å². The lowest BCUT2D eigenvalue weighted by molar-refractivity contribution is -0.0838. The van der Waals surface area contributed by atoms with Crippen LogP contribution in [-0.4, -0.2) is 29.5 Å². The lowest BCUT2D eigenvalue weighted by atomic mass is 9.81. The molecule has 0 radical (unpaired) electrons. The second kappa shape index (κ2) is 5.19. The van der Waals surface area contributed by atoms with Gasteiger partial charge in [0.2, 0.25) is 0 Å². The number of aliphatic hydroxyl groups excluding tert-OH is 1. The summed E-state index contributed by atoms with van der Waals surface area (Å²) in [6.45, 7) is 4.94. The molecule has 3 nitrogen and oxygen atoms in total. The summed E-state index contributed by atoms with van der Waals surface area (Å²) in [5, 5.41) is 13.2. The van der Waals surface area contributed by atoms with Crippen LogP contribution in [0.2, 0.25) is 0 Å². The third-order valence-electron chi connectivity index (χ3n) is 3.39. The highest BCUT2D eigenvalue weighted by Crippen LogP contribution is 2.34. The molecule has 1 unspecified atom stereocenters. The summed E-state index contributed by atoms with van der Waals surface area (Å²) in [5.41, 5.74) is 0.559. The van der Waals surface area contributed by atoms with Gasteiger partial charge in [-0.15, -0.1) is 0 Å². The van der Waals surface area contributed by atoms with E-state index in [2.05, 4.69) is 35.1 Å². The number of ether oxygens (including phenoxy) is 1. The number of nitrogens with one attached hydrogen (secondary N) is 1. The molecule has 0 bridgehead atoms. The zero-order chi connectivity index (χ0) is 13.2. The fraction of sp³-hybridized carbons (Fsp3) is 0.571. The van der Waals surface area contributed by atoms with Crippen LogP contribution < -0.4 is 5.32 Å². The molecule has 1 heterocycles. The number of hydrogen-bond acceptors (Lipinski definition) is 3. The molecular weight excluding hydrogens is 294 g/mol. The minimum absolute atomic E-state index is 0.121. The van der Waals surface area contributed by atoms with Crippen LogP contribution in [0.1, 0.15) is 26.7 Å². The van der Waals surface area contributed by atoms with Crippen molar-refractivity contribution in [3.63, 3.8) is 0 Å². The first-order valence-electron chi connectivity index (χ1n) is 6.23. The largest absolute Gasteiger partial charge is 0.394 e. The Morgan fingerprint density at radius 3 is 2.56 bits per heavy atom. The van der Waals surface area contributed by atoms with E-state index in [1.165, 1.54) is 0 Å². The summed E-state index contributed by atoms with van der Waals surface area (Å²) in [4.78, 5) is 0. The second-order valence-electron chi connectivity index (χ2n) is 5.61. The van der Waals surface area contributed by atoms with Gasteiger partial charge in [-0.05, 0) is 44.5 Å². The maximum atomic E-state index is 9.76. The van der Waals surface area contributed by atoms with Crippen molar-refractivity contribution in [2.75, 3.05) is 18.5 Å². The average Bonchev–Trinajstić information content (AvgIpc) is 2.31. The molecule has 4 heteroatoms. The molecule has 1 aliphatic rings. The summed E-state index contributed by atoms with van der Waals surface area (Å²) in [6.07, 6.45) is 1.62. The van der Waals surface area contributed by atoms with E-state index < -0.39 is 0 Å². The highest BCUT2D eigenvalue weighted by molar-refractivity contribution is 9.10. The third-order valence-corrected chi connectivity index (χ3v) is 3.92. The Hall–Kier alpha value is -0.580. The molecule has 1 aromatic rings. The standard InChI is InChI=1S/C14H20BrNO2/c1-13(2)9-14(10-17,7-8-18-13)16-12-5-3-11(15)4-6-12/h3-6,16-17H,7-10H2,1-2H3. The first kappa shape index (κ1) is 13.8. The lowest BCUT2D eigenvalue weighted by Crippen LogP contribution is -2.53. The van der Waals surface area contributed by atoms with Crippen molar-refractivity contribution < 1.29 is 9.84 Å². The number of anilines is 1. The SMILES string of the molecule is CC1(C)CC(CO)(Nc2ccc(Br)cc2)CCO1. The van der Waals surface area contributed by atoms with Crippen molar-refractivity contribution in [1.29, 1.82) is 0 Å². The van der Waals surface area contributed by atoms with Gasteiger partial charge in [0.15, 0.2) is 0 Å². The molecule has 1 atom stereocenters. The van der Waals surface area contributed by atoms with Crippen LogP contribution in [0.3, 0.4) is 0 Å². The minimum Gasteiger partial charge on any atom is -0.394 e. The van der Waals surface area contributed by atoms with Crippen molar-refractivity contribution in [3.8, 4) is 0 Å². The molecule has 0 saturated carbocycles. The zero-order valence-corrected chi connectivity index (χ0v) is 12.5. The fourth-order valence-electron chi connectivity index (χ4n) is 2.60. The van der Waals surface area contributed by atoms with E-state index in [-0.39, 0.29) is 17.7 Å². The van der Waals surface area contributed by atoms with Gasteiger partial charge in [0, 0.05) is 23.2 Å². The molecule has 0 aromatic heterocycles. The molecule has 1 fully saturated rings. The first-order valence-corrected chi connectivity index (χ1v) is 7.03. The van der Waals surface area contributed by atoms with Crippen molar-refractivity contribution in [2.45, 2.75) is 37.8 Å². The Morgan fingerprint density at radius 2 is 2.00 bits per heavy atom. The molecule has 1 aliphatic heterocycles. The summed E-state index contributed by atoms with van der Waals surface area (Å²) in [6, 6.07) is 8.03. The predicted octanol–water partition coefficient (Wildman–Crippen LogP) is 3.18. The van der Waals surface area contributed by atoms with E-state index in [4.69, 9.17) is 4.74 Å². The Labute approximate surface area is 117 Å². The van der Waals surface area contributed by atoms with Gasteiger partial charge >= 0.3 is 0 Å². The Morgan fingerprint density at radius 1 is 1.33 bits per heavy atom. The van der Waals surface area contributed by atoms with E-state index in [1.807, 2.05) is 24.3 Å². The monoisotopic (exact) mass is 313 g/mol. The van der Waals surface area contributed by atoms with Gasteiger partial charge in [0.25, 0.3) is 0 Å². The molecule has 0 aliphatic carbocycles. The smallest absolute Gasteiger partial charge is 0.0663 e. The Kier molecular flexibility index (Phi) is 3.99. The van der Waals surface area contributed by atoms with Crippen molar-refractivity contribution >= 4 is 21.6 Å². The molecule has 2 N–H and O–H groups in total. The van der Waals surface area contributed by atoms with E-state index in [0.717, 1.165) is 23.0 Å². The average molecular weight is 314 g/mol. The second-order valence-corrected chi connectivity index (χ2v) is 6.52. The third kappa shape index (κ3) is 3.25. The summed E-state index contributed by atoms with van der Waals surface area (Å²) in [5.74, 6) is 0. The minimum atomic E-state index is -0.282. The van der Waals surface area contributed by atoms with Crippen molar-refractivity contribution in [3.05, 3.63) is 28.7 Å². The van der Waals surface area contributed by atoms with Gasteiger partial charge in [0.1, 0.15) is 0 Å². The van der Waals surface area contributed by atoms with Crippen LogP contribution in [0, 0.1) is 0 Å². The maximum Gasteiger partial charge on any atom is 0.0663 e. The molecule has 100 valence electrons. The maximum absolute atomic E-state index is 9.76.